The number of esters is 1. The van der Waals surface area contributed by atoms with Crippen LogP contribution in [-0.4, -0.2) is 27.3 Å². The van der Waals surface area contributed by atoms with E-state index in [4.69, 9.17) is 9.15 Å². The van der Waals surface area contributed by atoms with Crippen LogP contribution in [-0.2, 0) is 17.0 Å². The summed E-state index contributed by atoms with van der Waals surface area (Å²) in [6.45, 7) is 2.56. The van der Waals surface area contributed by atoms with E-state index >= 15 is 0 Å². The standard InChI is InChI=1S/C27H22FN3O3S/c1-2-33-26(32)24-22(21-10-6-7-11-23(21)34-24)17-35-27-30-29-25(19-12-14-20(28)15-13-19)31(27)16-18-8-4-3-5-9-18/h3-15H,2,16-17H2,1H3. The minimum Gasteiger partial charge on any atom is -0.460 e. The van der Waals surface area contributed by atoms with E-state index < -0.39 is 5.97 Å². The molecule has 35 heavy (non-hydrogen) atoms. The maximum atomic E-state index is 13.5. The van der Waals surface area contributed by atoms with Crippen LogP contribution in [0.2, 0.25) is 0 Å². The fourth-order valence-corrected chi connectivity index (χ4v) is 4.82. The van der Waals surface area contributed by atoms with Crippen molar-refractivity contribution in [1.82, 2.24) is 14.8 Å². The Kier molecular flexibility index (Phi) is 6.63. The molecule has 0 atom stereocenters. The van der Waals surface area contributed by atoms with Gasteiger partial charge in [0.1, 0.15) is 11.4 Å². The highest BCUT2D eigenvalue weighted by molar-refractivity contribution is 7.98. The van der Waals surface area contributed by atoms with Gasteiger partial charge in [0.15, 0.2) is 11.0 Å². The number of nitrogens with zero attached hydrogens (tertiary/aromatic N) is 3. The predicted octanol–water partition coefficient (Wildman–Crippen LogP) is 6.35. The first-order chi connectivity index (χ1) is 17.1. The molecule has 0 saturated heterocycles. The monoisotopic (exact) mass is 487 g/mol. The molecule has 8 heteroatoms. The van der Waals surface area contributed by atoms with Gasteiger partial charge in [-0.25, -0.2) is 9.18 Å². The molecule has 5 rings (SSSR count). The van der Waals surface area contributed by atoms with E-state index in [1.54, 1.807) is 19.1 Å². The summed E-state index contributed by atoms with van der Waals surface area (Å²) in [5.74, 6) is 0.474. The second-order valence-corrected chi connectivity index (χ2v) is 8.74. The number of furan rings is 1. The van der Waals surface area contributed by atoms with Gasteiger partial charge in [-0.05, 0) is 42.8 Å². The van der Waals surface area contributed by atoms with Crippen LogP contribution in [0, 0.1) is 5.82 Å². The Bertz CT molecular complexity index is 1460. The molecule has 0 amide bonds. The quantitative estimate of drug-likeness (QED) is 0.188. The van der Waals surface area contributed by atoms with Gasteiger partial charge in [-0.15, -0.1) is 10.2 Å². The average molecular weight is 488 g/mol. The number of carbonyl (C=O) groups excluding carboxylic acids is 1. The highest BCUT2D eigenvalue weighted by Gasteiger charge is 2.23. The number of hydrogen-bond acceptors (Lipinski definition) is 6. The summed E-state index contributed by atoms with van der Waals surface area (Å²) in [6.07, 6.45) is 0. The van der Waals surface area contributed by atoms with Crippen LogP contribution >= 0.6 is 11.8 Å². The summed E-state index contributed by atoms with van der Waals surface area (Å²) in [7, 11) is 0. The fourth-order valence-electron chi connectivity index (χ4n) is 3.86. The molecule has 0 radical (unpaired) electrons. The van der Waals surface area contributed by atoms with Gasteiger partial charge in [-0.2, -0.15) is 0 Å². The van der Waals surface area contributed by atoms with Crippen molar-refractivity contribution >= 4 is 28.7 Å². The van der Waals surface area contributed by atoms with Gasteiger partial charge in [0, 0.05) is 22.3 Å². The lowest BCUT2D eigenvalue weighted by Gasteiger charge is -2.11. The molecular weight excluding hydrogens is 465 g/mol. The van der Waals surface area contributed by atoms with Crippen molar-refractivity contribution in [1.29, 1.82) is 0 Å². The summed E-state index contributed by atoms with van der Waals surface area (Å²) in [4.78, 5) is 12.6. The summed E-state index contributed by atoms with van der Waals surface area (Å²) in [5.41, 5.74) is 3.23. The molecule has 176 valence electrons. The molecule has 2 aromatic heterocycles. The largest absolute Gasteiger partial charge is 0.460 e. The maximum absolute atomic E-state index is 13.5. The number of ether oxygens (including phenoxy) is 1. The first-order valence-electron chi connectivity index (χ1n) is 11.2. The molecule has 2 heterocycles. The van der Waals surface area contributed by atoms with Crippen molar-refractivity contribution in [2.75, 3.05) is 6.61 Å². The van der Waals surface area contributed by atoms with Crippen molar-refractivity contribution in [2.24, 2.45) is 0 Å². The number of benzene rings is 3. The molecule has 0 fully saturated rings. The van der Waals surface area contributed by atoms with E-state index in [-0.39, 0.29) is 18.2 Å². The highest BCUT2D eigenvalue weighted by Crippen LogP contribution is 2.33. The average Bonchev–Trinajstić information content (AvgIpc) is 3.45. The second-order valence-electron chi connectivity index (χ2n) is 7.80. The van der Waals surface area contributed by atoms with Crippen molar-refractivity contribution in [3.05, 3.63) is 102 Å². The first-order valence-corrected chi connectivity index (χ1v) is 12.2. The minimum absolute atomic E-state index is 0.202. The summed E-state index contributed by atoms with van der Waals surface area (Å²) in [5, 5.41) is 10.4. The van der Waals surface area contributed by atoms with Crippen LogP contribution in [0.5, 0.6) is 0 Å². The van der Waals surface area contributed by atoms with Gasteiger partial charge >= 0.3 is 5.97 Å². The van der Waals surface area contributed by atoms with Crippen molar-refractivity contribution in [3.63, 3.8) is 0 Å². The van der Waals surface area contributed by atoms with E-state index in [9.17, 15) is 9.18 Å². The number of para-hydroxylation sites is 1. The third-order valence-corrected chi connectivity index (χ3v) is 6.50. The number of hydrogen-bond donors (Lipinski definition) is 0. The Hall–Kier alpha value is -3.91. The smallest absolute Gasteiger partial charge is 0.374 e. The molecule has 0 bridgehead atoms. The Morgan fingerprint density at radius 1 is 1.00 bits per heavy atom. The van der Waals surface area contributed by atoms with E-state index in [1.807, 2.05) is 59.2 Å². The lowest BCUT2D eigenvalue weighted by Crippen LogP contribution is -2.06. The molecule has 3 aromatic carbocycles. The zero-order chi connectivity index (χ0) is 24.2. The van der Waals surface area contributed by atoms with Gasteiger partial charge in [0.05, 0.1) is 13.2 Å². The maximum Gasteiger partial charge on any atom is 0.374 e. The lowest BCUT2D eigenvalue weighted by atomic mass is 10.1. The minimum atomic E-state index is -0.489. The van der Waals surface area contributed by atoms with Crippen molar-refractivity contribution in [2.45, 2.75) is 24.4 Å². The Balaban J connectivity index is 1.51. The molecule has 0 aliphatic carbocycles. The third-order valence-electron chi connectivity index (χ3n) is 5.51. The zero-order valence-corrected chi connectivity index (χ0v) is 19.8. The number of rotatable bonds is 8. The molecule has 0 saturated carbocycles. The molecule has 0 N–H and O–H groups in total. The normalized spacial score (nSPS) is 11.1. The molecule has 0 unspecified atom stereocenters. The zero-order valence-electron chi connectivity index (χ0n) is 19.0. The van der Waals surface area contributed by atoms with Crippen molar-refractivity contribution < 1.29 is 18.3 Å². The Morgan fingerprint density at radius 3 is 2.51 bits per heavy atom. The van der Waals surface area contributed by atoms with Crippen molar-refractivity contribution in [3.8, 4) is 11.4 Å². The van der Waals surface area contributed by atoms with Crippen LogP contribution in [0.4, 0.5) is 4.39 Å². The van der Waals surface area contributed by atoms with E-state index in [1.165, 1.54) is 23.9 Å². The van der Waals surface area contributed by atoms with E-state index in [0.29, 0.717) is 28.9 Å². The molecule has 0 aliphatic heterocycles. The van der Waals surface area contributed by atoms with Gasteiger partial charge in [-0.3, -0.25) is 4.57 Å². The SMILES string of the molecule is CCOC(=O)c1oc2ccccc2c1CSc1nnc(-c2ccc(F)cc2)n1Cc1ccccc1. The second kappa shape index (κ2) is 10.1. The van der Waals surface area contributed by atoms with Gasteiger partial charge in [0.2, 0.25) is 5.76 Å². The lowest BCUT2D eigenvalue weighted by molar-refractivity contribution is 0.0491. The summed E-state index contributed by atoms with van der Waals surface area (Å²) in [6, 6.07) is 23.7. The van der Waals surface area contributed by atoms with E-state index in [0.717, 1.165) is 22.1 Å². The summed E-state index contributed by atoms with van der Waals surface area (Å²) < 4.78 is 26.6. The van der Waals surface area contributed by atoms with Crippen LogP contribution < -0.4 is 0 Å². The topological polar surface area (TPSA) is 70.2 Å². The summed E-state index contributed by atoms with van der Waals surface area (Å²) >= 11 is 1.45. The fraction of sp³-hybridized carbons (Fsp3) is 0.148. The molecule has 0 aliphatic rings. The van der Waals surface area contributed by atoms with Gasteiger partial charge in [-0.1, -0.05) is 60.3 Å². The Labute approximate surface area is 205 Å². The van der Waals surface area contributed by atoms with Gasteiger partial charge in [0.25, 0.3) is 0 Å². The third kappa shape index (κ3) is 4.83. The number of fused-ring (bicyclic) bond motifs is 1. The molecular formula is C27H22FN3O3S. The number of halogens is 1. The van der Waals surface area contributed by atoms with Crippen LogP contribution in [0.15, 0.2) is 88.4 Å². The van der Waals surface area contributed by atoms with Crippen LogP contribution in [0.25, 0.3) is 22.4 Å². The van der Waals surface area contributed by atoms with E-state index in [2.05, 4.69) is 10.2 Å². The molecule has 0 spiro atoms. The number of carbonyl (C=O) groups is 1. The number of thioether (sulfide) groups is 1. The van der Waals surface area contributed by atoms with Crippen LogP contribution in [0.1, 0.15) is 28.6 Å². The predicted molar refractivity (Wildman–Crippen MR) is 133 cm³/mol. The highest BCUT2D eigenvalue weighted by atomic mass is 32.2. The van der Waals surface area contributed by atoms with Gasteiger partial charge < -0.3 is 9.15 Å². The van der Waals surface area contributed by atoms with Crippen LogP contribution in [0.3, 0.4) is 0 Å². The molecule has 6 nitrogen and oxygen atoms in total. The first kappa shape index (κ1) is 22.9. The molecule has 5 aromatic rings. The Morgan fingerprint density at radius 2 is 1.74 bits per heavy atom. The number of aromatic nitrogens is 3.